The van der Waals surface area contributed by atoms with Crippen LogP contribution >= 0.6 is 0 Å². The van der Waals surface area contributed by atoms with E-state index in [9.17, 15) is 13.2 Å². The molecule has 0 fully saturated rings. The molecule has 1 amide bonds. The Morgan fingerprint density at radius 2 is 1.87 bits per heavy atom. The lowest BCUT2D eigenvalue weighted by Gasteiger charge is -2.34. The number of fused-ring (bicyclic) bond motifs is 2. The topological polar surface area (TPSA) is 104 Å². The molecule has 1 atom stereocenters. The first-order valence-electron chi connectivity index (χ1n) is 12.5. The summed E-state index contributed by atoms with van der Waals surface area (Å²) in [4.78, 5) is 23.7. The summed E-state index contributed by atoms with van der Waals surface area (Å²) >= 11 is 0. The molecule has 0 bridgehead atoms. The first-order valence-corrected chi connectivity index (χ1v) is 13.9. The number of rotatable bonds is 5. The van der Waals surface area contributed by atoms with E-state index in [1.54, 1.807) is 53.6 Å². The van der Waals surface area contributed by atoms with Crippen molar-refractivity contribution in [2.24, 2.45) is 0 Å². The molecule has 4 aromatic rings. The molecule has 10 heteroatoms. The van der Waals surface area contributed by atoms with Crippen LogP contribution in [-0.2, 0) is 21.3 Å². The lowest BCUT2D eigenvalue weighted by molar-refractivity contribution is 0.0202. The highest BCUT2D eigenvalue weighted by atomic mass is 32.2. The molecule has 0 N–H and O–H groups in total. The van der Waals surface area contributed by atoms with E-state index >= 15 is 0 Å². The van der Waals surface area contributed by atoms with Crippen LogP contribution < -0.4 is 4.74 Å². The third kappa shape index (κ3) is 4.96. The van der Waals surface area contributed by atoms with Crippen molar-refractivity contribution in [3.8, 4) is 11.5 Å². The quantitative estimate of drug-likeness (QED) is 0.323. The lowest BCUT2D eigenvalue weighted by atomic mass is 9.93. The molecule has 0 radical (unpaired) electrons. The van der Waals surface area contributed by atoms with Crippen molar-refractivity contribution in [3.63, 3.8) is 0 Å². The molecule has 1 aliphatic rings. The van der Waals surface area contributed by atoms with E-state index in [2.05, 4.69) is 16.9 Å². The molecular formula is C28H30N4O5S. The maximum Gasteiger partial charge on any atom is 0.410 e. The van der Waals surface area contributed by atoms with Crippen LogP contribution in [0.3, 0.4) is 0 Å². The van der Waals surface area contributed by atoms with E-state index in [1.165, 1.54) is 12.4 Å². The average Bonchev–Trinajstić information content (AvgIpc) is 3.33. The number of pyridine rings is 2. The summed E-state index contributed by atoms with van der Waals surface area (Å²) in [5.74, 6) is 1.02. The molecule has 0 saturated carbocycles. The van der Waals surface area contributed by atoms with Crippen LogP contribution in [0.2, 0.25) is 0 Å². The van der Waals surface area contributed by atoms with E-state index < -0.39 is 15.6 Å². The highest BCUT2D eigenvalue weighted by Crippen LogP contribution is 2.35. The summed E-state index contributed by atoms with van der Waals surface area (Å²) in [6.45, 7) is 8.52. The SMILES string of the molecule is CCC1CN(C(=O)OC(C)(C)C)Cc2cc(Oc3ccnc4c3ccn4S(=O)(=O)c3ccccc3)cnc21. The van der Waals surface area contributed by atoms with Gasteiger partial charge in [-0.05, 0) is 63.1 Å². The Bertz CT molecular complexity index is 1590. The van der Waals surface area contributed by atoms with Gasteiger partial charge in [-0.15, -0.1) is 0 Å². The van der Waals surface area contributed by atoms with Crippen molar-refractivity contribution < 1.29 is 22.7 Å². The van der Waals surface area contributed by atoms with Gasteiger partial charge in [-0.3, -0.25) is 4.98 Å². The molecule has 1 aromatic carbocycles. The second-order valence-electron chi connectivity index (χ2n) is 10.3. The number of carbonyl (C=O) groups excluding carboxylic acids is 1. The molecule has 0 aliphatic carbocycles. The zero-order chi connectivity index (χ0) is 27.1. The monoisotopic (exact) mass is 534 g/mol. The van der Waals surface area contributed by atoms with Gasteiger partial charge in [-0.2, -0.15) is 0 Å². The first-order chi connectivity index (χ1) is 18.1. The molecule has 9 nitrogen and oxygen atoms in total. The van der Waals surface area contributed by atoms with E-state index in [1.807, 2.05) is 26.8 Å². The van der Waals surface area contributed by atoms with E-state index in [0.29, 0.717) is 30.0 Å². The normalized spacial score (nSPS) is 15.8. The molecule has 38 heavy (non-hydrogen) atoms. The summed E-state index contributed by atoms with van der Waals surface area (Å²) in [6.07, 6.45) is 5.12. The Labute approximate surface area is 222 Å². The number of hydrogen-bond donors (Lipinski definition) is 0. The fourth-order valence-electron chi connectivity index (χ4n) is 4.57. The summed E-state index contributed by atoms with van der Waals surface area (Å²) in [5.41, 5.74) is 1.51. The third-order valence-corrected chi connectivity index (χ3v) is 8.03. The standard InChI is InChI=1S/C28H30N4O5S/c1-5-19-17-31(27(33)37-28(2,3)4)18-20-15-21(16-30-25(19)20)36-24-11-13-29-26-23(24)12-14-32(26)38(34,35)22-9-7-6-8-10-22/h6-16,19H,5,17-18H2,1-4H3. The van der Waals surface area contributed by atoms with E-state index in [0.717, 1.165) is 21.7 Å². The van der Waals surface area contributed by atoms with Crippen molar-refractivity contribution in [1.82, 2.24) is 18.8 Å². The van der Waals surface area contributed by atoms with Crippen LogP contribution in [-0.4, -0.2) is 45.5 Å². The number of aromatic nitrogens is 3. The van der Waals surface area contributed by atoms with Gasteiger partial charge in [0.15, 0.2) is 5.65 Å². The minimum atomic E-state index is -3.82. The van der Waals surface area contributed by atoms with Crippen LogP contribution in [0, 0.1) is 0 Å². The summed E-state index contributed by atoms with van der Waals surface area (Å²) < 4.78 is 39.3. The summed E-state index contributed by atoms with van der Waals surface area (Å²) in [5, 5.41) is 0.548. The zero-order valence-electron chi connectivity index (χ0n) is 21.8. The third-order valence-electron chi connectivity index (χ3n) is 6.35. The highest BCUT2D eigenvalue weighted by Gasteiger charge is 2.31. The molecule has 0 spiro atoms. The van der Waals surface area contributed by atoms with Crippen LogP contribution in [0.15, 0.2) is 72.0 Å². The van der Waals surface area contributed by atoms with Crippen LogP contribution in [0.5, 0.6) is 11.5 Å². The Balaban J connectivity index is 1.45. The molecule has 4 heterocycles. The lowest BCUT2D eigenvalue weighted by Crippen LogP contribution is -2.41. The minimum Gasteiger partial charge on any atom is -0.455 e. The number of nitrogens with zero attached hydrogens (tertiary/aromatic N) is 4. The van der Waals surface area contributed by atoms with Crippen molar-refractivity contribution in [2.75, 3.05) is 6.54 Å². The van der Waals surface area contributed by atoms with E-state index in [-0.39, 0.29) is 22.6 Å². The van der Waals surface area contributed by atoms with Crippen molar-refractivity contribution in [2.45, 2.75) is 57.1 Å². The second-order valence-corrected chi connectivity index (χ2v) is 12.1. The van der Waals surface area contributed by atoms with Crippen molar-refractivity contribution in [3.05, 3.63) is 78.4 Å². The Kier molecular flexibility index (Phi) is 6.60. The van der Waals surface area contributed by atoms with Gasteiger partial charge in [0.1, 0.15) is 17.1 Å². The van der Waals surface area contributed by atoms with Gasteiger partial charge in [0.25, 0.3) is 10.0 Å². The summed E-state index contributed by atoms with van der Waals surface area (Å²) in [6, 6.07) is 13.4. The minimum absolute atomic E-state index is 0.0881. The predicted molar refractivity (Wildman–Crippen MR) is 143 cm³/mol. The van der Waals surface area contributed by atoms with Gasteiger partial charge >= 0.3 is 6.09 Å². The molecule has 3 aromatic heterocycles. The number of ether oxygens (including phenoxy) is 2. The Morgan fingerprint density at radius 1 is 1.11 bits per heavy atom. The van der Waals surface area contributed by atoms with Gasteiger partial charge in [0.2, 0.25) is 0 Å². The van der Waals surface area contributed by atoms with Crippen LogP contribution in [0.1, 0.15) is 51.3 Å². The number of carbonyl (C=O) groups is 1. The van der Waals surface area contributed by atoms with Gasteiger partial charge in [0.05, 0.1) is 28.7 Å². The predicted octanol–water partition coefficient (Wildman–Crippen LogP) is 5.70. The van der Waals surface area contributed by atoms with Crippen LogP contribution in [0.25, 0.3) is 11.0 Å². The first kappa shape index (κ1) is 25.7. The number of hydrogen-bond acceptors (Lipinski definition) is 7. The van der Waals surface area contributed by atoms with Gasteiger partial charge in [-0.1, -0.05) is 25.1 Å². The number of benzene rings is 1. The Hall–Kier alpha value is -3.92. The second kappa shape index (κ2) is 9.75. The van der Waals surface area contributed by atoms with Crippen LogP contribution in [0.4, 0.5) is 4.79 Å². The van der Waals surface area contributed by atoms with Gasteiger partial charge in [0, 0.05) is 24.9 Å². The average molecular weight is 535 g/mol. The maximum atomic E-state index is 13.2. The van der Waals surface area contributed by atoms with E-state index in [4.69, 9.17) is 9.47 Å². The zero-order valence-corrected chi connectivity index (χ0v) is 22.6. The van der Waals surface area contributed by atoms with Crippen molar-refractivity contribution >= 4 is 27.1 Å². The maximum absolute atomic E-state index is 13.2. The molecule has 198 valence electrons. The molecule has 1 unspecified atom stereocenters. The fourth-order valence-corrected chi connectivity index (χ4v) is 5.89. The summed E-state index contributed by atoms with van der Waals surface area (Å²) in [7, 11) is -3.82. The smallest absolute Gasteiger partial charge is 0.410 e. The molecule has 1 aliphatic heterocycles. The van der Waals surface area contributed by atoms with Gasteiger partial charge in [-0.25, -0.2) is 22.2 Å². The fraction of sp³-hybridized carbons (Fsp3) is 0.321. The molecule has 0 saturated heterocycles. The molecular weight excluding hydrogens is 504 g/mol. The number of amides is 1. The molecule has 5 rings (SSSR count). The Morgan fingerprint density at radius 3 is 2.58 bits per heavy atom. The van der Waals surface area contributed by atoms with Crippen molar-refractivity contribution in [1.29, 1.82) is 0 Å². The highest BCUT2D eigenvalue weighted by molar-refractivity contribution is 7.90. The largest absolute Gasteiger partial charge is 0.455 e. The van der Waals surface area contributed by atoms with Gasteiger partial charge < -0.3 is 14.4 Å².